The Bertz CT molecular complexity index is 391. The van der Waals surface area contributed by atoms with Crippen LogP contribution in [0.4, 0.5) is 0 Å². The molecule has 0 aliphatic carbocycles. The molecule has 0 amide bonds. The fraction of sp³-hybridized carbons (Fsp3) is 0. The van der Waals surface area contributed by atoms with Gasteiger partial charge in [-0.3, -0.25) is 0 Å². The van der Waals surface area contributed by atoms with Crippen molar-refractivity contribution in [1.29, 1.82) is 0 Å². The monoisotopic (exact) mass is 320 g/mol. The average Bonchev–Trinajstić information content (AvgIpc) is 2.16. The molecule has 71 valence electrons. The standard InChI is InChI=1S/C8H5O4.La.H2N/c9-7(10)5-1-2-6(4-3-5)8(11)12;;/h1-3H,(H,9,10)(H,11,12);;1H2/q;+1;-1. The van der Waals surface area contributed by atoms with E-state index in [2.05, 4.69) is 0 Å². The maximum absolute atomic E-state index is 10.7. The van der Waals surface area contributed by atoms with Crippen LogP contribution in [0.3, 0.4) is 0 Å². The van der Waals surface area contributed by atoms with Crippen LogP contribution >= 0.6 is 0 Å². The second-order valence-electron chi connectivity index (χ2n) is 2.58. The predicted octanol–water partition coefficient (Wildman–Crippen LogP) is -0.333. The summed E-state index contributed by atoms with van der Waals surface area (Å²) in [5.74, 6) is -2.12. The molecule has 0 saturated heterocycles. The molecular formula is C8H7LaNO4. The van der Waals surface area contributed by atoms with Gasteiger partial charge in [0.1, 0.15) is 0 Å². The van der Waals surface area contributed by atoms with Gasteiger partial charge in [0, 0.05) is 0 Å². The van der Waals surface area contributed by atoms with E-state index in [1.54, 1.807) is 0 Å². The van der Waals surface area contributed by atoms with Crippen molar-refractivity contribution in [2.24, 2.45) is 2.50 Å². The van der Waals surface area contributed by atoms with Gasteiger partial charge >= 0.3 is 97.7 Å². The summed E-state index contributed by atoms with van der Waals surface area (Å²) in [4.78, 5) is 21.3. The zero-order chi connectivity index (χ0) is 10.7. The Hall–Kier alpha value is -0.685. The van der Waals surface area contributed by atoms with Crippen LogP contribution in [-0.2, 0) is 0 Å². The van der Waals surface area contributed by atoms with Gasteiger partial charge in [0.15, 0.2) is 0 Å². The van der Waals surface area contributed by atoms with Gasteiger partial charge in [-0.25, -0.2) is 0 Å². The molecule has 0 radical (unpaired) electrons. The number of nitrogens with two attached hydrogens (primary N) is 1. The van der Waals surface area contributed by atoms with Gasteiger partial charge in [0.05, 0.1) is 0 Å². The fourth-order valence-corrected chi connectivity index (χ4v) is 3.15. The second kappa shape index (κ2) is 4.70. The normalized spacial score (nSPS) is 9.21. The summed E-state index contributed by atoms with van der Waals surface area (Å²) in [6, 6.07) is 3.93. The van der Waals surface area contributed by atoms with Crippen molar-refractivity contribution in [2.45, 2.75) is 0 Å². The summed E-state index contributed by atoms with van der Waals surface area (Å²) >= 11 is -1.77. The third-order valence-electron chi connectivity index (χ3n) is 1.71. The zero-order valence-corrected chi connectivity index (χ0v) is 10.7. The molecule has 0 heterocycles. The minimum absolute atomic E-state index is 0.0895. The number of carbonyl (C=O) groups is 2. The Morgan fingerprint density at radius 1 is 1.21 bits per heavy atom. The predicted molar refractivity (Wildman–Crippen MR) is 44.2 cm³/mol. The summed E-state index contributed by atoms with van der Waals surface area (Å²) in [6.07, 6.45) is 0. The topological polar surface area (TPSA) is 101 Å². The van der Waals surface area contributed by atoms with E-state index >= 15 is 0 Å². The van der Waals surface area contributed by atoms with E-state index < -0.39 is 44.2 Å². The molecule has 4 N–H and O–H groups in total. The van der Waals surface area contributed by atoms with Gasteiger partial charge in [-0.15, -0.1) is 0 Å². The van der Waals surface area contributed by atoms with Crippen molar-refractivity contribution in [3.63, 3.8) is 0 Å². The first-order valence-corrected chi connectivity index (χ1v) is 7.62. The van der Waals surface area contributed by atoms with Crippen LogP contribution < -0.4 is 4.46 Å². The number of carboxylic acid groups (broad SMARTS) is 2. The summed E-state index contributed by atoms with van der Waals surface area (Å²) in [6.45, 7) is 0. The Balaban J connectivity index is 3.25. The summed E-state index contributed by atoms with van der Waals surface area (Å²) in [5.41, 5.74) is 0.221. The van der Waals surface area contributed by atoms with Crippen LogP contribution in [0.15, 0.2) is 18.2 Å². The van der Waals surface area contributed by atoms with E-state index in [9.17, 15) is 9.59 Å². The third kappa shape index (κ3) is 2.42. The number of rotatable bonds is 3. The van der Waals surface area contributed by atoms with Gasteiger partial charge in [-0.05, 0) is 0 Å². The van der Waals surface area contributed by atoms with Crippen LogP contribution in [0, 0.1) is 32.2 Å². The maximum atomic E-state index is 10.7. The number of benzene rings is 1. The van der Waals surface area contributed by atoms with E-state index in [0.717, 1.165) is 0 Å². The zero-order valence-electron chi connectivity index (χ0n) is 7.10. The van der Waals surface area contributed by atoms with Gasteiger partial charge in [-0.1, -0.05) is 0 Å². The van der Waals surface area contributed by atoms with Crippen LogP contribution in [0.2, 0.25) is 0 Å². The molecule has 0 spiro atoms. The second-order valence-corrected chi connectivity index (χ2v) is 5.58. The summed E-state index contributed by atoms with van der Waals surface area (Å²) in [7, 11) is 0. The van der Waals surface area contributed by atoms with Crippen molar-refractivity contribution < 1.29 is 52.0 Å². The van der Waals surface area contributed by atoms with Crippen molar-refractivity contribution >= 4 is 13.9 Å². The first kappa shape index (κ1) is 11.4. The SMILES string of the molecule is [NH2][La][c]1cc(C(=O)O)ccc1C(=O)O. The molecule has 5 nitrogen and oxygen atoms in total. The van der Waals surface area contributed by atoms with Crippen LogP contribution in [0.25, 0.3) is 0 Å². The van der Waals surface area contributed by atoms with Crippen molar-refractivity contribution in [1.82, 2.24) is 0 Å². The Kier molecular flexibility index (Phi) is 3.82. The third-order valence-corrected chi connectivity index (χ3v) is 4.34. The number of hydrogen-bond acceptors (Lipinski definition) is 3. The van der Waals surface area contributed by atoms with E-state index in [1.165, 1.54) is 18.2 Å². The first-order valence-electron chi connectivity index (χ1n) is 3.72. The molecule has 0 saturated carbocycles. The molecule has 0 aromatic heterocycles. The number of carboxylic acids is 2. The molecular weight excluding hydrogens is 313 g/mol. The molecule has 0 bridgehead atoms. The Morgan fingerprint density at radius 3 is 2.29 bits per heavy atom. The van der Waals surface area contributed by atoms with E-state index in [1.807, 2.05) is 0 Å². The number of aromatic carboxylic acids is 2. The molecule has 0 aliphatic rings. The molecule has 1 rings (SSSR count). The summed E-state index contributed by atoms with van der Waals surface area (Å²) < 4.78 is 6.03. The molecule has 0 atom stereocenters. The van der Waals surface area contributed by atoms with Gasteiger partial charge < -0.3 is 0 Å². The van der Waals surface area contributed by atoms with Gasteiger partial charge in [0.2, 0.25) is 0 Å². The molecule has 0 fully saturated rings. The number of hydrogen-bond donors (Lipinski definition) is 3. The van der Waals surface area contributed by atoms with E-state index in [4.69, 9.17) is 12.7 Å². The molecule has 14 heavy (non-hydrogen) atoms. The minimum atomic E-state index is -1.77. The molecule has 1 aromatic carbocycles. The van der Waals surface area contributed by atoms with E-state index in [0.29, 0.717) is 1.97 Å². The molecule has 6 heteroatoms. The van der Waals surface area contributed by atoms with Crippen LogP contribution in [-0.4, -0.2) is 22.2 Å². The first-order chi connectivity index (χ1) is 6.56. The molecule has 1 aromatic rings. The van der Waals surface area contributed by atoms with Gasteiger partial charge in [0.25, 0.3) is 0 Å². The quantitative estimate of drug-likeness (QED) is 0.708. The average molecular weight is 320 g/mol. The van der Waals surface area contributed by atoms with Crippen molar-refractivity contribution in [3.8, 4) is 0 Å². The van der Waals surface area contributed by atoms with E-state index in [-0.39, 0.29) is 11.1 Å². The molecule has 0 aliphatic heterocycles. The fourth-order valence-electron chi connectivity index (χ4n) is 1.03. The van der Waals surface area contributed by atoms with Crippen LogP contribution in [0.1, 0.15) is 20.7 Å². The van der Waals surface area contributed by atoms with Gasteiger partial charge in [-0.2, -0.15) is 0 Å². The molecule has 0 unspecified atom stereocenters. The van der Waals surface area contributed by atoms with Crippen molar-refractivity contribution in [2.75, 3.05) is 0 Å². The summed E-state index contributed by atoms with van der Waals surface area (Å²) in [5, 5.41) is 17.4. The Labute approximate surface area is 97.2 Å². The van der Waals surface area contributed by atoms with Crippen molar-refractivity contribution in [3.05, 3.63) is 29.3 Å². The Morgan fingerprint density at radius 2 is 1.86 bits per heavy atom. The van der Waals surface area contributed by atoms with Crippen LogP contribution in [0.5, 0.6) is 0 Å².